The maximum atomic E-state index is 12.5. The number of alkyl halides is 2. The topological polar surface area (TPSA) is 55.1 Å². The highest BCUT2D eigenvalue weighted by atomic mass is 32.2. The van der Waals surface area contributed by atoms with E-state index in [9.17, 15) is 13.6 Å². The van der Waals surface area contributed by atoms with E-state index in [-0.39, 0.29) is 5.75 Å². The first-order chi connectivity index (χ1) is 8.58. The molecule has 0 aliphatic carbocycles. The van der Waals surface area contributed by atoms with Crippen LogP contribution in [0, 0.1) is 0 Å². The number of fused-ring (bicyclic) bond motifs is 1. The van der Waals surface area contributed by atoms with Crippen LogP contribution in [0.15, 0.2) is 29.4 Å². The highest BCUT2D eigenvalue weighted by Gasteiger charge is 2.15. The first-order valence-electron chi connectivity index (χ1n) is 5.16. The normalized spacial score (nSPS) is 11.3. The second-order valence-corrected chi connectivity index (χ2v) is 4.51. The molecule has 0 spiro atoms. The highest BCUT2D eigenvalue weighted by Crippen LogP contribution is 2.24. The third-order valence-corrected chi connectivity index (χ3v) is 3.23. The van der Waals surface area contributed by atoms with Crippen LogP contribution in [-0.4, -0.2) is 32.8 Å². The molecule has 1 aromatic heterocycles. The summed E-state index contributed by atoms with van der Waals surface area (Å²) in [7, 11) is 0. The van der Waals surface area contributed by atoms with Crippen LogP contribution in [0.25, 0.3) is 11.0 Å². The van der Waals surface area contributed by atoms with E-state index >= 15 is 0 Å². The van der Waals surface area contributed by atoms with E-state index < -0.39 is 18.9 Å². The standard InChI is InChI=1S/C11H10F2N2O2S/c12-9(13)5-15-8-4-2-1-3-7(8)14-11(15)18-6-10(16)17/h1-4,9H,5-6H2,(H,16,17). The summed E-state index contributed by atoms with van der Waals surface area (Å²) in [6.07, 6.45) is -2.51. The smallest absolute Gasteiger partial charge is 0.313 e. The number of halogens is 2. The molecule has 0 amide bonds. The largest absolute Gasteiger partial charge is 0.481 e. The second-order valence-electron chi connectivity index (χ2n) is 3.57. The Morgan fingerprint density at radius 2 is 2.17 bits per heavy atom. The van der Waals surface area contributed by atoms with Gasteiger partial charge in [-0.3, -0.25) is 4.79 Å². The van der Waals surface area contributed by atoms with Crippen LogP contribution in [0.3, 0.4) is 0 Å². The van der Waals surface area contributed by atoms with Crippen molar-refractivity contribution in [3.8, 4) is 0 Å². The Morgan fingerprint density at radius 3 is 2.83 bits per heavy atom. The van der Waals surface area contributed by atoms with Crippen LogP contribution in [0.4, 0.5) is 8.78 Å². The lowest BCUT2D eigenvalue weighted by Crippen LogP contribution is -2.08. The van der Waals surface area contributed by atoms with Gasteiger partial charge in [0.05, 0.1) is 23.3 Å². The van der Waals surface area contributed by atoms with E-state index in [0.717, 1.165) is 11.8 Å². The molecule has 4 nitrogen and oxygen atoms in total. The third-order valence-electron chi connectivity index (χ3n) is 2.26. The summed E-state index contributed by atoms with van der Waals surface area (Å²) in [6.45, 7) is -0.484. The van der Waals surface area contributed by atoms with Gasteiger partial charge in [-0.1, -0.05) is 23.9 Å². The molecule has 0 unspecified atom stereocenters. The number of para-hydroxylation sites is 2. The highest BCUT2D eigenvalue weighted by molar-refractivity contribution is 7.99. The number of aliphatic carboxylic acids is 1. The molecular formula is C11H10F2N2O2S. The lowest BCUT2D eigenvalue weighted by Gasteiger charge is -2.06. The van der Waals surface area contributed by atoms with Gasteiger partial charge >= 0.3 is 5.97 Å². The van der Waals surface area contributed by atoms with Gasteiger partial charge in [-0.15, -0.1) is 0 Å². The zero-order chi connectivity index (χ0) is 13.1. The van der Waals surface area contributed by atoms with Crippen molar-refractivity contribution < 1.29 is 18.7 Å². The predicted molar refractivity (Wildman–Crippen MR) is 64.1 cm³/mol. The van der Waals surface area contributed by atoms with Crippen LogP contribution >= 0.6 is 11.8 Å². The molecule has 1 N–H and O–H groups in total. The predicted octanol–water partition coefficient (Wildman–Crippen LogP) is 2.48. The van der Waals surface area contributed by atoms with Crippen LogP contribution in [0.2, 0.25) is 0 Å². The fourth-order valence-electron chi connectivity index (χ4n) is 1.60. The molecule has 0 fully saturated rings. The number of carbonyl (C=O) groups is 1. The molecule has 0 bridgehead atoms. The lowest BCUT2D eigenvalue weighted by molar-refractivity contribution is -0.133. The van der Waals surface area contributed by atoms with Gasteiger partial charge in [-0.05, 0) is 12.1 Å². The van der Waals surface area contributed by atoms with Crippen molar-refractivity contribution >= 4 is 28.8 Å². The van der Waals surface area contributed by atoms with Crippen molar-refractivity contribution in [2.24, 2.45) is 0 Å². The summed E-state index contributed by atoms with van der Waals surface area (Å²) in [5.74, 6) is -1.21. The number of imidazole rings is 1. The van der Waals surface area contributed by atoms with E-state index in [1.165, 1.54) is 4.57 Å². The molecule has 0 radical (unpaired) electrons. The van der Waals surface area contributed by atoms with Gasteiger partial charge in [0.15, 0.2) is 5.16 Å². The quantitative estimate of drug-likeness (QED) is 0.850. The second kappa shape index (κ2) is 5.34. The maximum Gasteiger partial charge on any atom is 0.313 e. The fourth-order valence-corrected chi connectivity index (χ4v) is 2.35. The Bertz CT molecular complexity index is 571. The molecule has 0 saturated heterocycles. The number of benzene rings is 1. The Kier molecular flexibility index (Phi) is 3.81. The minimum absolute atomic E-state index is 0.202. The summed E-state index contributed by atoms with van der Waals surface area (Å²) in [4.78, 5) is 14.7. The Labute approximate surface area is 106 Å². The number of thioether (sulfide) groups is 1. The van der Waals surface area contributed by atoms with E-state index in [1.54, 1.807) is 24.3 Å². The van der Waals surface area contributed by atoms with E-state index in [4.69, 9.17) is 5.11 Å². The van der Waals surface area contributed by atoms with Crippen LogP contribution in [-0.2, 0) is 11.3 Å². The first-order valence-corrected chi connectivity index (χ1v) is 6.14. The fraction of sp³-hybridized carbons (Fsp3) is 0.273. The summed E-state index contributed by atoms with van der Waals surface area (Å²) in [6, 6.07) is 6.89. The Morgan fingerprint density at radius 1 is 1.44 bits per heavy atom. The molecule has 96 valence electrons. The number of hydrogen-bond donors (Lipinski definition) is 1. The van der Waals surface area contributed by atoms with Crippen molar-refractivity contribution in [2.75, 3.05) is 5.75 Å². The van der Waals surface area contributed by atoms with Gasteiger partial charge in [-0.2, -0.15) is 0 Å². The third kappa shape index (κ3) is 2.79. The molecule has 0 aliphatic heterocycles. The summed E-state index contributed by atoms with van der Waals surface area (Å²) in [5.41, 5.74) is 1.18. The number of hydrogen-bond acceptors (Lipinski definition) is 3. The van der Waals surface area contributed by atoms with Crippen molar-refractivity contribution in [2.45, 2.75) is 18.1 Å². The summed E-state index contributed by atoms with van der Waals surface area (Å²) >= 11 is 0.942. The molecule has 7 heteroatoms. The number of rotatable bonds is 5. The van der Waals surface area contributed by atoms with Gasteiger partial charge in [-0.25, -0.2) is 13.8 Å². The number of nitrogens with zero attached hydrogens (tertiary/aromatic N) is 2. The average Bonchev–Trinajstić information content (AvgIpc) is 2.64. The minimum Gasteiger partial charge on any atom is -0.481 e. The molecule has 2 rings (SSSR count). The zero-order valence-electron chi connectivity index (χ0n) is 9.22. The van der Waals surface area contributed by atoms with Crippen molar-refractivity contribution in [1.82, 2.24) is 9.55 Å². The van der Waals surface area contributed by atoms with E-state index in [0.29, 0.717) is 16.2 Å². The number of aromatic nitrogens is 2. The van der Waals surface area contributed by atoms with Crippen LogP contribution in [0.5, 0.6) is 0 Å². The van der Waals surface area contributed by atoms with Gasteiger partial charge in [0.1, 0.15) is 0 Å². The minimum atomic E-state index is -2.51. The number of carboxylic acids is 1. The van der Waals surface area contributed by atoms with Gasteiger partial charge in [0.25, 0.3) is 6.43 Å². The van der Waals surface area contributed by atoms with Crippen LogP contribution in [0.1, 0.15) is 0 Å². The summed E-state index contributed by atoms with van der Waals surface area (Å²) in [5, 5.41) is 8.92. The SMILES string of the molecule is O=C(O)CSc1nc2ccccc2n1CC(F)F. The van der Waals surface area contributed by atoms with E-state index in [1.807, 2.05) is 0 Å². The first kappa shape index (κ1) is 12.8. The van der Waals surface area contributed by atoms with Gasteiger partial charge in [0, 0.05) is 0 Å². The van der Waals surface area contributed by atoms with Crippen molar-refractivity contribution in [3.63, 3.8) is 0 Å². The Hall–Kier alpha value is -1.63. The van der Waals surface area contributed by atoms with Crippen LogP contribution < -0.4 is 0 Å². The molecule has 0 atom stereocenters. The maximum absolute atomic E-state index is 12.5. The van der Waals surface area contributed by atoms with Gasteiger partial charge < -0.3 is 9.67 Å². The van der Waals surface area contributed by atoms with Crippen molar-refractivity contribution in [3.05, 3.63) is 24.3 Å². The molecule has 2 aromatic rings. The molecular weight excluding hydrogens is 262 g/mol. The molecule has 0 saturated carbocycles. The number of carboxylic acid groups (broad SMARTS) is 1. The summed E-state index contributed by atoms with van der Waals surface area (Å²) < 4.78 is 26.4. The molecule has 1 heterocycles. The van der Waals surface area contributed by atoms with Crippen molar-refractivity contribution in [1.29, 1.82) is 0 Å². The Balaban J connectivity index is 2.39. The zero-order valence-corrected chi connectivity index (χ0v) is 10.0. The van der Waals surface area contributed by atoms with E-state index in [2.05, 4.69) is 4.98 Å². The average molecular weight is 272 g/mol. The van der Waals surface area contributed by atoms with Gasteiger partial charge in [0.2, 0.25) is 0 Å². The molecule has 1 aromatic carbocycles. The molecule has 0 aliphatic rings. The lowest BCUT2D eigenvalue weighted by atomic mass is 10.3. The monoisotopic (exact) mass is 272 g/mol. The molecule has 18 heavy (non-hydrogen) atoms.